The largest absolute Gasteiger partial charge is 0.397 e. The number of thiazole rings is 1. The van der Waals surface area contributed by atoms with Crippen LogP contribution in [0.2, 0.25) is 5.02 Å². The van der Waals surface area contributed by atoms with Gasteiger partial charge in [-0.1, -0.05) is 18.5 Å². The predicted molar refractivity (Wildman–Crippen MR) is 86.1 cm³/mol. The topological polar surface area (TPSA) is 85.1 Å². The lowest BCUT2D eigenvalue weighted by molar-refractivity contribution is 0.581. The second kappa shape index (κ2) is 6.31. The molecule has 0 aliphatic heterocycles. The molecule has 5 nitrogen and oxygen atoms in total. The van der Waals surface area contributed by atoms with Crippen LogP contribution in [0.4, 0.5) is 5.69 Å². The molecule has 3 N–H and O–H groups in total. The molecule has 1 aromatic heterocycles. The zero-order valence-corrected chi connectivity index (χ0v) is 14.1. The molecule has 0 saturated heterocycles. The highest BCUT2D eigenvalue weighted by molar-refractivity contribution is 7.89. The molecule has 2 rings (SSSR count). The first-order chi connectivity index (χ1) is 9.83. The SMILES string of the molecule is CCc1cnc(CNS(=O)(=O)c2cc(C)c(Cl)c(N)c2)s1. The Kier molecular flexibility index (Phi) is 4.88. The van der Waals surface area contributed by atoms with Crippen LogP contribution in [0.25, 0.3) is 0 Å². The fourth-order valence-corrected chi connectivity index (χ4v) is 3.86. The van der Waals surface area contributed by atoms with Crippen LogP contribution in [0.3, 0.4) is 0 Å². The zero-order chi connectivity index (χ0) is 15.6. The third-order valence-electron chi connectivity index (χ3n) is 2.93. The fraction of sp³-hybridized carbons (Fsp3) is 0.308. The number of aryl methyl sites for hydroxylation is 2. The minimum atomic E-state index is -3.64. The third kappa shape index (κ3) is 3.74. The molecule has 21 heavy (non-hydrogen) atoms. The number of halogens is 1. The summed E-state index contributed by atoms with van der Waals surface area (Å²) in [6.07, 6.45) is 2.65. The van der Waals surface area contributed by atoms with E-state index in [2.05, 4.69) is 9.71 Å². The van der Waals surface area contributed by atoms with E-state index in [1.165, 1.54) is 23.5 Å². The second-order valence-electron chi connectivity index (χ2n) is 4.54. The van der Waals surface area contributed by atoms with E-state index in [9.17, 15) is 8.42 Å². The Hall–Kier alpha value is -1.15. The summed E-state index contributed by atoms with van der Waals surface area (Å²) in [5, 5.41) is 1.11. The van der Waals surface area contributed by atoms with E-state index in [1.54, 1.807) is 13.1 Å². The predicted octanol–water partition coefficient (Wildman–Crippen LogP) is 2.73. The average molecular weight is 346 g/mol. The Labute approximate surface area is 133 Å². The minimum absolute atomic E-state index is 0.106. The van der Waals surface area contributed by atoms with Crippen LogP contribution in [-0.4, -0.2) is 13.4 Å². The Morgan fingerprint density at radius 1 is 1.43 bits per heavy atom. The number of hydrogen-bond acceptors (Lipinski definition) is 5. The van der Waals surface area contributed by atoms with Gasteiger partial charge in [-0.15, -0.1) is 11.3 Å². The first-order valence-corrected chi connectivity index (χ1v) is 9.00. The van der Waals surface area contributed by atoms with Gasteiger partial charge in [0.2, 0.25) is 10.0 Å². The molecule has 0 unspecified atom stereocenters. The molecule has 114 valence electrons. The molecular formula is C13H16ClN3O2S2. The van der Waals surface area contributed by atoms with Gasteiger partial charge >= 0.3 is 0 Å². The summed E-state index contributed by atoms with van der Waals surface area (Å²) in [4.78, 5) is 5.41. The highest BCUT2D eigenvalue weighted by Gasteiger charge is 2.17. The molecule has 0 spiro atoms. The summed E-state index contributed by atoms with van der Waals surface area (Å²) in [6, 6.07) is 2.86. The molecule has 2 aromatic rings. The summed E-state index contributed by atoms with van der Waals surface area (Å²) in [7, 11) is -3.64. The number of nitrogens with two attached hydrogens (primary N) is 1. The van der Waals surface area contributed by atoms with Crippen LogP contribution in [0.15, 0.2) is 23.2 Å². The molecule has 1 heterocycles. The average Bonchev–Trinajstić information content (AvgIpc) is 2.90. The van der Waals surface area contributed by atoms with Crippen molar-refractivity contribution >= 4 is 38.6 Å². The van der Waals surface area contributed by atoms with E-state index in [4.69, 9.17) is 17.3 Å². The molecule has 1 aromatic carbocycles. The Morgan fingerprint density at radius 3 is 2.71 bits per heavy atom. The van der Waals surface area contributed by atoms with Gasteiger partial charge in [0.25, 0.3) is 0 Å². The van der Waals surface area contributed by atoms with E-state index >= 15 is 0 Å². The number of rotatable bonds is 5. The molecule has 0 aliphatic rings. The van der Waals surface area contributed by atoms with Gasteiger partial charge < -0.3 is 5.73 Å². The number of benzene rings is 1. The van der Waals surface area contributed by atoms with Crippen molar-refractivity contribution in [2.45, 2.75) is 31.7 Å². The number of hydrogen-bond donors (Lipinski definition) is 2. The quantitative estimate of drug-likeness (QED) is 0.816. The lowest BCUT2D eigenvalue weighted by atomic mass is 10.2. The normalized spacial score (nSPS) is 11.8. The van der Waals surface area contributed by atoms with E-state index in [0.717, 1.165) is 16.3 Å². The Morgan fingerprint density at radius 2 is 2.14 bits per heavy atom. The molecular weight excluding hydrogens is 330 g/mol. The molecule has 0 amide bonds. The van der Waals surface area contributed by atoms with E-state index in [1.807, 2.05) is 6.92 Å². The third-order valence-corrected chi connectivity index (χ3v) is 5.97. The van der Waals surface area contributed by atoms with Crippen molar-refractivity contribution in [2.24, 2.45) is 0 Å². The maximum Gasteiger partial charge on any atom is 0.241 e. The Bertz CT molecular complexity index is 734. The van der Waals surface area contributed by atoms with Crippen molar-refractivity contribution in [3.63, 3.8) is 0 Å². The van der Waals surface area contributed by atoms with Gasteiger partial charge in [-0.2, -0.15) is 0 Å². The van der Waals surface area contributed by atoms with Crippen LogP contribution in [0, 0.1) is 6.92 Å². The zero-order valence-electron chi connectivity index (χ0n) is 11.7. The number of aromatic nitrogens is 1. The highest BCUT2D eigenvalue weighted by atomic mass is 35.5. The standard InChI is InChI=1S/C13H16ClN3O2S2/c1-3-9-6-16-12(20-9)7-17-21(18,19)10-4-8(2)13(14)11(15)5-10/h4-6,17H,3,7,15H2,1-2H3. The van der Waals surface area contributed by atoms with Crippen LogP contribution in [0.1, 0.15) is 22.4 Å². The second-order valence-corrected chi connectivity index (χ2v) is 7.89. The Balaban J connectivity index is 2.18. The van der Waals surface area contributed by atoms with Gasteiger partial charge in [-0.25, -0.2) is 18.1 Å². The summed E-state index contributed by atoms with van der Waals surface area (Å²) >= 11 is 7.44. The van der Waals surface area contributed by atoms with Crippen LogP contribution in [0.5, 0.6) is 0 Å². The fourth-order valence-electron chi connectivity index (χ4n) is 1.75. The molecule has 0 bridgehead atoms. The van der Waals surface area contributed by atoms with Crippen LogP contribution >= 0.6 is 22.9 Å². The number of nitrogen functional groups attached to an aromatic ring is 1. The van der Waals surface area contributed by atoms with Gasteiger partial charge in [-0.3, -0.25) is 0 Å². The number of anilines is 1. The molecule has 0 fully saturated rings. The maximum atomic E-state index is 12.3. The summed E-state index contributed by atoms with van der Waals surface area (Å²) in [5.74, 6) is 0. The van der Waals surface area contributed by atoms with E-state index in [0.29, 0.717) is 10.6 Å². The van der Waals surface area contributed by atoms with Crippen molar-refractivity contribution in [1.29, 1.82) is 0 Å². The number of nitrogens with zero attached hydrogens (tertiary/aromatic N) is 1. The van der Waals surface area contributed by atoms with Gasteiger partial charge in [0, 0.05) is 11.1 Å². The lowest BCUT2D eigenvalue weighted by Crippen LogP contribution is -2.23. The number of sulfonamides is 1. The van der Waals surface area contributed by atoms with E-state index < -0.39 is 10.0 Å². The van der Waals surface area contributed by atoms with E-state index in [-0.39, 0.29) is 17.1 Å². The molecule has 0 aliphatic carbocycles. The maximum absolute atomic E-state index is 12.3. The van der Waals surface area contributed by atoms with Crippen LogP contribution in [-0.2, 0) is 23.0 Å². The summed E-state index contributed by atoms with van der Waals surface area (Å²) in [5.41, 5.74) is 6.59. The van der Waals surface area contributed by atoms with Crippen molar-refractivity contribution in [3.8, 4) is 0 Å². The molecule has 0 atom stereocenters. The first kappa shape index (κ1) is 16.2. The van der Waals surface area contributed by atoms with Gasteiger partial charge in [0.15, 0.2) is 0 Å². The lowest BCUT2D eigenvalue weighted by Gasteiger charge is -2.09. The first-order valence-electron chi connectivity index (χ1n) is 6.32. The molecule has 8 heteroatoms. The van der Waals surface area contributed by atoms with Gasteiger partial charge in [0.05, 0.1) is 22.2 Å². The minimum Gasteiger partial charge on any atom is -0.397 e. The number of nitrogens with one attached hydrogen (secondary N) is 1. The van der Waals surface area contributed by atoms with Gasteiger partial charge in [0.1, 0.15) is 5.01 Å². The van der Waals surface area contributed by atoms with Crippen molar-refractivity contribution in [1.82, 2.24) is 9.71 Å². The molecule has 0 saturated carbocycles. The van der Waals surface area contributed by atoms with Crippen LogP contribution < -0.4 is 10.5 Å². The highest BCUT2D eigenvalue weighted by Crippen LogP contribution is 2.26. The van der Waals surface area contributed by atoms with Gasteiger partial charge in [-0.05, 0) is 31.0 Å². The summed E-state index contributed by atoms with van der Waals surface area (Å²) in [6.45, 7) is 3.90. The monoisotopic (exact) mass is 345 g/mol. The smallest absolute Gasteiger partial charge is 0.241 e. The van der Waals surface area contributed by atoms with Crippen molar-refractivity contribution in [2.75, 3.05) is 5.73 Å². The molecule has 0 radical (unpaired) electrons. The van der Waals surface area contributed by atoms with Crippen molar-refractivity contribution < 1.29 is 8.42 Å². The van der Waals surface area contributed by atoms with Crippen molar-refractivity contribution in [3.05, 3.63) is 38.8 Å². The summed E-state index contributed by atoms with van der Waals surface area (Å²) < 4.78 is 27.1.